The van der Waals surface area contributed by atoms with E-state index in [9.17, 15) is 10.1 Å². The van der Waals surface area contributed by atoms with E-state index in [-0.39, 0.29) is 5.69 Å². The Kier molecular flexibility index (Phi) is 8.36. The number of non-ortho nitro benzene ring substituents is 1. The van der Waals surface area contributed by atoms with E-state index in [2.05, 4.69) is 16.0 Å². The molecule has 0 amide bonds. The van der Waals surface area contributed by atoms with Crippen LogP contribution in [0.5, 0.6) is 0 Å². The highest BCUT2D eigenvalue weighted by molar-refractivity contribution is 7.80. The van der Waals surface area contributed by atoms with Crippen LogP contribution in [-0.4, -0.2) is 62.5 Å². The van der Waals surface area contributed by atoms with Crippen LogP contribution >= 0.6 is 12.2 Å². The molecule has 1 heterocycles. The maximum atomic E-state index is 10.6. The molecule has 9 heteroatoms. The van der Waals surface area contributed by atoms with Gasteiger partial charge in [-0.2, -0.15) is 0 Å². The first-order chi connectivity index (χ1) is 12.1. The number of hydrogen-bond donors (Lipinski definition) is 4. The minimum Gasteiger partial charge on any atom is -0.383 e. The van der Waals surface area contributed by atoms with Crippen molar-refractivity contribution in [1.82, 2.24) is 10.6 Å². The summed E-state index contributed by atoms with van der Waals surface area (Å²) < 4.78 is 5.34. The molecular formula is C16H26N5O3S+. The zero-order valence-corrected chi connectivity index (χ0v) is 15.1. The third-order valence-corrected chi connectivity index (χ3v) is 4.30. The number of anilines is 1. The number of nitrogens with one attached hydrogen (secondary N) is 4. The lowest BCUT2D eigenvalue weighted by Crippen LogP contribution is -3.14. The van der Waals surface area contributed by atoms with Gasteiger partial charge in [-0.05, 0) is 24.4 Å². The van der Waals surface area contributed by atoms with Crippen molar-refractivity contribution in [1.29, 1.82) is 0 Å². The summed E-state index contributed by atoms with van der Waals surface area (Å²) in [6.07, 6.45) is 1.08. The summed E-state index contributed by atoms with van der Waals surface area (Å²) in [5.41, 5.74) is 0.938. The summed E-state index contributed by atoms with van der Waals surface area (Å²) in [6, 6.07) is 6.36. The molecule has 0 spiro atoms. The molecule has 0 atom stereocenters. The van der Waals surface area contributed by atoms with Gasteiger partial charge in [-0.25, -0.2) is 0 Å². The highest BCUT2D eigenvalue weighted by atomic mass is 32.1. The Labute approximate surface area is 153 Å². The molecule has 1 aliphatic rings. The van der Waals surface area contributed by atoms with Crippen LogP contribution in [0.25, 0.3) is 0 Å². The second-order valence-electron chi connectivity index (χ2n) is 5.88. The molecule has 0 unspecified atom stereocenters. The number of benzene rings is 1. The summed E-state index contributed by atoms with van der Waals surface area (Å²) in [5, 5.41) is 20.8. The van der Waals surface area contributed by atoms with E-state index in [1.165, 1.54) is 12.1 Å². The molecule has 0 aromatic heterocycles. The van der Waals surface area contributed by atoms with Crippen LogP contribution < -0.4 is 20.9 Å². The first-order valence-electron chi connectivity index (χ1n) is 8.56. The fourth-order valence-electron chi connectivity index (χ4n) is 2.60. The highest BCUT2D eigenvalue weighted by Gasteiger charge is 2.12. The van der Waals surface area contributed by atoms with E-state index in [0.29, 0.717) is 18.2 Å². The Morgan fingerprint density at radius 3 is 2.52 bits per heavy atom. The first-order valence-corrected chi connectivity index (χ1v) is 8.97. The molecular weight excluding hydrogens is 342 g/mol. The maximum Gasteiger partial charge on any atom is 0.269 e. The van der Waals surface area contributed by atoms with E-state index in [4.69, 9.17) is 17.0 Å². The summed E-state index contributed by atoms with van der Waals surface area (Å²) in [7, 11) is 0. The van der Waals surface area contributed by atoms with Crippen molar-refractivity contribution >= 4 is 28.7 Å². The molecule has 1 aromatic carbocycles. The second kappa shape index (κ2) is 10.8. The topological polar surface area (TPSA) is 92.9 Å². The zero-order chi connectivity index (χ0) is 17.9. The number of nitrogens with zero attached hydrogens (tertiary/aromatic N) is 1. The average Bonchev–Trinajstić information content (AvgIpc) is 2.63. The van der Waals surface area contributed by atoms with Crippen molar-refractivity contribution < 1.29 is 14.6 Å². The number of morpholine rings is 1. The number of nitro groups is 1. The minimum atomic E-state index is -0.407. The van der Waals surface area contributed by atoms with Crippen LogP contribution in [0, 0.1) is 10.1 Å². The molecule has 25 heavy (non-hydrogen) atoms. The van der Waals surface area contributed by atoms with E-state index >= 15 is 0 Å². The fourth-order valence-corrected chi connectivity index (χ4v) is 2.80. The van der Waals surface area contributed by atoms with Crippen molar-refractivity contribution in [3.8, 4) is 0 Å². The van der Waals surface area contributed by atoms with Gasteiger partial charge in [0.25, 0.3) is 5.69 Å². The highest BCUT2D eigenvalue weighted by Crippen LogP contribution is 2.14. The van der Waals surface area contributed by atoms with Crippen LogP contribution in [-0.2, 0) is 4.74 Å². The Morgan fingerprint density at radius 1 is 1.16 bits per heavy atom. The van der Waals surface area contributed by atoms with Crippen LogP contribution in [0.1, 0.15) is 6.42 Å². The SMILES string of the molecule is O=[N+]([O-])c1ccc(NCCNC(=S)NCCC[NH+]2CCOCC2)cc1. The normalized spacial score (nSPS) is 14.7. The number of ether oxygens (including phenoxy) is 1. The molecule has 138 valence electrons. The zero-order valence-electron chi connectivity index (χ0n) is 14.3. The number of thiocarbonyl (C=S) groups is 1. The smallest absolute Gasteiger partial charge is 0.269 e. The Balaban J connectivity index is 1.49. The standard InChI is InChI=1S/C16H25N5O3S/c22-21(23)15-4-2-14(3-5-15)17-7-8-19-16(25)18-6-1-9-20-10-12-24-13-11-20/h2-5,17H,1,6-13H2,(H2,18,19,25)/p+1. The van der Waals surface area contributed by atoms with Gasteiger partial charge in [-0.15, -0.1) is 0 Å². The molecule has 0 saturated carbocycles. The van der Waals surface area contributed by atoms with Gasteiger partial charge in [-0.3, -0.25) is 10.1 Å². The quantitative estimate of drug-likeness (QED) is 0.207. The fraction of sp³-hybridized carbons (Fsp3) is 0.562. The lowest BCUT2D eigenvalue weighted by Gasteiger charge is -2.23. The first kappa shape index (κ1) is 19.4. The number of quaternary nitrogens is 1. The Hall–Kier alpha value is -1.97. The van der Waals surface area contributed by atoms with Crippen molar-refractivity contribution in [3.63, 3.8) is 0 Å². The van der Waals surface area contributed by atoms with Crippen molar-refractivity contribution in [3.05, 3.63) is 34.4 Å². The van der Waals surface area contributed by atoms with Gasteiger partial charge in [0.1, 0.15) is 13.1 Å². The molecule has 4 N–H and O–H groups in total. The molecule has 1 saturated heterocycles. The van der Waals surface area contributed by atoms with Gasteiger partial charge >= 0.3 is 0 Å². The molecule has 1 aliphatic heterocycles. The number of nitro benzene ring substituents is 1. The number of rotatable bonds is 9. The van der Waals surface area contributed by atoms with E-state index in [1.807, 2.05) is 0 Å². The van der Waals surface area contributed by atoms with Gasteiger partial charge in [-0.1, -0.05) is 0 Å². The maximum absolute atomic E-state index is 10.6. The lowest BCUT2D eigenvalue weighted by atomic mass is 10.3. The van der Waals surface area contributed by atoms with Crippen molar-refractivity contribution in [2.24, 2.45) is 0 Å². The summed E-state index contributed by atoms with van der Waals surface area (Å²) in [6.45, 7) is 7.28. The van der Waals surface area contributed by atoms with Gasteiger partial charge in [0.15, 0.2) is 5.11 Å². The summed E-state index contributed by atoms with van der Waals surface area (Å²) >= 11 is 5.25. The second-order valence-corrected chi connectivity index (χ2v) is 6.29. The molecule has 8 nitrogen and oxygen atoms in total. The van der Waals surface area contributed by atoms with Crippen molar-refractivity contribution in [2.45, 2.75) is 6.42 Å². The van der Waals surface area contributed by atoms with E-state index in [1.54, 1.807) is 17.0 Å². The third-order valence-electron chi connectivity index (χ3n) is 4.01. The lowest BCUT2D eigenvalue weighted by molar-refractivity contribution is -0.908. The molecule has 1 aromatic rings. The molecule has 0 aliphatic carbocycles. The predicted octanol–water partition coefficient (Wildman–Crippen LogP) is -0.224. The van der Waals surface area contributed by atoms with Crippen LogP contribution in [0.15, 0.2) is 24.3 Å². The van der Waals surface area contributed by atoms with Crippen LogP contribution in [0.2, 0.25) is 0 Å². The molecule has 0 bridgehead atoms. The number of hydrogen-bond acceptors (Lipinski definition) is 5. The average molecular weight is 368 g/mol. The van der Waals surface area contributed by atoms with E-state index in [0.717, 1.165) is 51.5 Å². The Bertz CT molecular complexity index is 549. The Morgan fingerprint density at radius 2 is 1.84 bits per heavy atom. The molecule has 1 fully saturated rings. The predicted molar refractivity (Wildman–Crippen MR) is 101 cm³/mol. The van der Waals surface area contributed by atoms with Crippen LogP contribution in [0.3, 0.4) is 0 Å². The van der Waals surface area contributed by atoms with Gasteiger partial charge < -0.3 is 25.6 Å². The van der Waals surface area contributed by atoms with Crippen molar-refractivity contribution in [2.75, 3.05) is 57.8 Å². The summed E-state index contributed by atoms with van der Waals surface area (Å²) in [4.78, 5) is 11.8. The van der Waals surface area contributed by atoms with Gasteiger partial charge in [0.05, 0.1) is 24.7 Å². The van der Waals surface area contributed by atoms with E-state index < -0.39 is 4.92 Å². The van der Waals surface area contributed by atoms with Crippen LogP contribution in [0.4, 0.5) is 11.4 Å². The largest absolute Gasteiger partial charge is 0.383 e. The van der Waals surface area contributed by atoms with Gasteiger partial charge in [0, 0.05) is 43.9 Å². The minimum absolute atomic E-state index is 0.0907. The van der Waals surface area contributed by atoms with Gasteiger partial charge in [0.2, 0.25) is 0 Å². The third kappa shape index (κ3) is 7.63. The monoisotopic (exact) mass is 368 g/mol. The summed E-state index contributed by atoms with van der Waals surface area (Å²) in [5.74, 6) is 0. The molecule has 2 rings (SSSR count). The molecule has 0 radical (unpaired) electrons.